The average molecular weight is 233 g/mol. The summed E-state index contributed by atoms with van der Waals surface area (Å²) < 4.78 is 0. The lowest BCUT2D eigenvalue weighted by atomic mass is 10.2. The molecule has 4 heteroatoms. The van der Waals surface area contributed by atoms with Gasteiger partial charge in [0, 0.05) is 24.4 Å². The Bertz CT molecular complexity index is 452. The smallest absolute Gasteiger partial charge is 0.328 e. The van der Waals surface area contributed by atoms with Crippen LogP contribution in [0.1, 0.15) is 12.5 Å². The molecule has 0 fully saturated rings. The summed E-state index contributed by atoms with van der Waals surface area (Å²) in [5.41, 5.74) is 1.78. The van der Waals surface area contributed by atoms with E-state index in [1.54, 1.807) is 0 Å². The van der Waals surface area contributed by atoms with Crippen molar-refractivity contribution in [1.82, 2.24) is 0 Å². The first-order valence-electron chi connectivity index (χ1n) is 5.34. The molecule has 0 aliphatic carbocycles. The number of rotatable bonds is 4. The fourth-order valence-electron chi connectivity index (χ4n) is 1.54. The van der Waals surface area contributed by atoms with Gasteiger partial charge in [-0.05, 0) is 25.5 Å². The Hall–Kier alpha value is -2.10. The van der Waals surface area contributed by atoms with E-state index in [4.69, 9.17) is 5.11 Å². The van der Waals surface area contributed by atoms with E-state index in [2.05, 4.69) is 0 Å². The Morgan fingerprint density at radius 2 is 1.94 bits per heavy atom. The first-order valence-corrected chi connectivity index (χ1v) is 5.34. The average Bonchev–Trinajstić information content (AvgIpc) is 2.30. The van der Waals surface area contributed by atoms with Gasteiger partial charge in [0.05, 0.1) is 0 Å². The van der Waals surface area contributed by atoms with Gasteiger partial charge in [-0.1, -0.05) is 18.2 Å². The number of carboxylic acid groups (broad SMARTS) is 1. The summed E-state index contributed by atoms with van der Waals surface area (Å²) in [6, 6.07) is 7.49. The molecule has 1 N–H and O–H groups in total. The molecule has 90 valence electrons. The number of para-hydroxylation sites is 1. The highest BCUT2D eigenvalue weighted by atomic mass is 16.4. The molecule has 0 saturated carbocycles. The molecule has 1 rings (SSSR count). The van der Waals surface area contributed by atoms with Crippen LogP contribution in [0.4, 0.5) is 5.69 Å². The first kappa shape index (κ1) is 13.0. The van der Waals surface area contributed by atoms with Crippen molar-refractivity contribution in [2.75, 3.05) is 11.4 Å². The number of benzene rings is 1. The van der Waals surface area contributed by atoms with Gasteiger partial charge >= 0.3 is 5.97 Å². The third-order valence-corrected chi connectivity index (χ3v) is 2.36. The van der Waals surface area contributed by atoms with E-state index in [1.807, 2.05) is 38.1 Å². The van der Waals surface area contributed by atoms with Crippen LogP contribution in [0.3, 0.4) is 0 Å². The number of carboxylic acids is 1. The summed E-state index contributed by atoms with van der Waals surface area (Å²) in [6.45, 7) is 4.25. The number of amides is 1. The van der Waals surface area contributed by atoms with E-state index < -0.39 is 5.97 Å². The maximum absolute atomic E-state index is 11.8. The van der Waals surface area contributed by atoms with Gasteiger partial charge < -0.3 is 10.0 Å². The maximum atomic E-state index is 11.8. The molecule has 1 aromatic carbocycles. The normalized spacial score (nSPS) is 10.5. The summed E-state index contributed by atoms with van der Waals surface area (Å²) in [5, 5.41) is 8.48. The molecule has 0 spiro atoms. The van der Waals surface area contributed by atoms with Gasteiger partial charge in [0.2, 0.25) is 0 Å². The van der Waals surface area contributed by atoms with E-state index in [9.17, 15) is 9.59 Å². The molecule has 0 saturated heterocycles. The Balaban J connectivity index is 2.96. The molecule has 0 aliphatic rings. The molecular formula is C13H15NO3. The van der Waals surface area contributed by atoms with Crippen LogP contribution in [0.5, 0.6) is 0 Å². The number of likely N-dealkylation sites (N-methyl/N-ethyl adjacent to an activating group) is 1. The summed E-state index contributed by atoms with van der Waals surface area (Å²) in [5.74, 6) is -1.46. The lowest BCUT2D eigenvalue weighted by molar-refractivity contribution is -0.131. The minimum atomic E-state index is -1.13. The first-order chi connectivity index (χ1) is 8.06. The van der Waals surface area contributed by atoms with Crippen LogP contribution in [-0.2, 0) is 9.59 Å². The highest BCUT2D eigenvalue weighted by Crippen LogP contribution is 2.19. The Labute approximate surface area is 100 Å². The van der Waals surface area contributed by atoms with Crippen molar-refractivity contribution in [3.63, 3.8) is 0 Å². The van der Waals surface area contributed by atoms with Crippen LogP contribution < -0.4 is 4.90 Å². The van der Waals surface area contributed by atoms with Gasteiger partial charge in [-0.3, -0.25) is 4.79 Å². The van der Waals surface area contributed by atoms with E-state index in [1.165, 1.54) is 4.90 Å². The summed E-state index contributed by atoms with van der Waals surface area (Å²) >= 11 is 0. The zero-order chi connectivity index (χ0) is 12.8. The number of carbonyl (C=O) groups excluding carboxylic acids is 1. The van der Waals surface area contributed by atoms with Crippen LogP contribution in [0.25, 0.3) is 0 Å². The lowest BCUT2D eigenvalue weighted by Gasteiger charge is -2.21. The molecule has 1 amide bonds. The molecule has 0 aromatic heterocycles. The molecule has 0 heterocycles. The fraction of sp³-hybridized carbons (Fsp3) is 0.231. The molecule has 0 bridgehead atoms. The van der Waals surface area contributed by atoms with Crippen molar-refractivity contribution >= 4 is 17.6 Å². The fourth-order valence-corrected chi connectivity index (χ4v) is 1.54. The van der Waals surface area contributed by atoms with Gasteiger partial charge in [0.1, 0.15) is 0 Å². The van der Waals surface area contributed by atoms with Crippen LogP contribution in [0, 0.1) is 6.92 Å². The topological polar surface area (TPSA) is 57.6 Å². The highest BCUT2D eigenvalue weighted by Gasteiger charge is 2.12. The van der Waals surface area contributed by atoms with Gasteiger partial charge in [-0.25, -0.2) is 4.79 Å². The van der Waals surface area contributed by atoms with E-state index in [-0.39, 0.29) is 5.91 Å². The lowest BCUT2D eigenvalue weighted by Crippen LogP contribution is -2.29. The summed E-state index contributed by atoms with van der Waals surface area (Å²) in [4.78, 5) is 23.7. The van der Waals surface area contributed by atoms with Crippen LogP contribution in [-0.4, -0.2) is 23.5 Å². The van der Waals surface area contributed by atoms with E-state index >= 15 is 0 Å². The third kappa shape index (κ3) is 3.45. The predicted octanol–water partition coefficient (Wildman–Crippen LogP) is 1.99. The number of hydrogen-bond acceptors (Lipinski definition) is 2. The molecule has 17 heavy (non-hydrogen) atoms. The van der Waals surface area contributed by atoms with Crippen molar-refractivity contribution < 1.29 is 14.7 Å². The quantitative estimate of drug-likeness (QED) is 0.809. The molecule has 1 aromatic rings. The standard InChI is InChI=1S/C13H15NO3/c1-3-14(12(15)8-9-13(16)17)11-7-5-4-6-10(11)2/h4-9H,3H2,1-2H3,(H,16,17)/b9-8+. The molecule has 0 aliphatic heterocycles. The van der Waals surface area contributed by atoms with Gasteiger partial charge in [-0.2, -0.15) is 0 Å². The zero-order valence-corrected chi connectivity index (χ0v) is 9.88. The summed E-state index contributed by atoms with van der Waals surface area (Å²) in [7, 11) is 0. The summed E-state index contributed by atoms with van der Waals surface area (Å²) in [6.07, 6.45) is 1.92. The van der Waals surface area contributed by atoms with Crippen molar-refractivity contribution in [2.45, 2.75) is 13.8 Å². The Morgan fingerprint density at radius 1 is 1.29 bits per heavy atom. The molecule has 0 radical (unpaired) electrons. The maximum Gasteiger partial charge on any atom is 0.328 e. The largest absolute Gasteiger partial charge is 0.478 e. The minimum Gasteiger partial charge on any atom is -0.478 e. The third-order valence-electron chi connectivity index (χ3n) is 2.36. The van der Waals surface area contributed by atoms with Crippen LogP contribution >= 0.6 is 0 Å². The predicted molar refractivity (Wildman–Crippen MR) is 66.0 cm³/mol. The SMILES string of the molecule is CCN(C(=O)/C=C/C(=O)O)c1ccccc1C. The van der Waals surface area contributed by atoms with Gasteiger partial charge in [0.25, 0.3) is 5.91 Å². The van der Waals surface area contributed by atoms with Crippen molar-refractivity contribution in [1.29, 1.82) is 0 Å². The number of carbonyl (C=O) groups is 2. The molecule has 0 atom stereocenters. The van der Waals surface area contributed by atoms with Gasteiger partial charge in [0.15, 0.2) is 0 Å². The molecular weight excluding hydrogens is 218 g/mol. The van der Waals surface area contributed by atoms with E-state index in [0.29, 0.717) is 6.54 Å². The second kappa shape index (κ2) is 5.84. The van der Waals surface area contributed by atoms with Gasteiger partial charge in [-0.15, -0.1) is 0 Å². The number of hydrogen-bond donors (Lipinski definition) is 1. The van der Waals surface area contributed by atoms with Crippen LogP contribution in [0.2, 0.25) is 0 Å². The van der Waals surface area contributed by atoms with Crippen molar-refractivity contribution in [2.24, 2.45) is 0 Å². The Morgan fingerprint density at radius 3 is 2.47 bits per heavy atom. The number of anilines is 1. The Kier molecular flexibility index (Phi) is 4.46. The number of nitrogens with zero attached hydrogens (tertiary/aromatic N) is 1. The minimum absolute atomic E-state index is 0.329. The monoisotopic (exact) mass is 233 g/mol. The number of aryl methyl sites for hydroxylation is 1. The number of aliphatic carboxylic acids is 1. The molecule has 0 unspecified atom stereocenters. The molecule has 4 nitrogen and oxygen atoms in total. The van der Waals surface area contributed by atoms with E-state index in [0.717, 1.165) is 23.4 Å². The van der Waals surface area contributed by atoms with Crippen molar-refractivity contribution in [3.05, 3.63) is 42.0 Å². The highest BCUT2D eigenvalue weighted by molar-refractivity contribution is 6.04. The second-order valence-electron chi connectivity index (χ2n) is 3.54. The van der Waals surface area contributed by atoms with Crippen molar-refractivity contribution in [3.8, 4) is 0 Å². The zero-order valence-electron chi connectivity index (χ0n) is 9.88. The second-order valence-corrected chi connectivity index (χ2v) is 3.54. The van der Waals surface area contributed by atoms with Crippen LogP contribution in [0.15, 0.2) is 36.4 Å².